The number of amides is 1. The Balaban J connectivity index is 1.25. The molecule has 7 heteroatoms. The van der Waals surface area contributed by atoms with Crippen LogP contribution in [0.25, 0.3) is 11.1 Å². The van der Waals surface area contributed by atoms with Crippen molar-refractivity contribution in [3.63, 3.8) is 0 Å². The predicted molar refractivity (Wildman–Crippen MR) is 208 cm³/mol. The van der Waals surface area contributed by atoms with Crippen molar-refractivity contribution in [1.29, 1.82) is 0 Å². The third-order valence-corrected chi connectivity index (χ3v) is 10.2. The molecule has 1 heterocycles. The third-order valence-electron chi connectivity index (χ3n) is 9.05. The van der Waals surface area contributed by atoms with Crippen LogP contribution in [0.3, 0.4) is 0 Å². The van der Waals surface area contributed by atoms with Crippen LogP contribution in [-0.4, -0.2) is 35.7 Å². The second-order valence-corrected chi connectivity index (χ2v) is 13.8. The zero-order chi connectivity index (χ0) is 35.6. The molecule has 2 atom stereocenters. The lowest BCUT2D eigenvalue weighted by molar-refractivity contribution is -0.129. The van der Waals surface area contributed by atoms with Gasteiger partial charge in [-0.2, -0.15) is 0 Å². The summed E-state index contributed by atoms with van der Waals surface area (Å²) in [6, 6.07) is 54.4. The van der Waals surface area contributed by atoms with Crippen molar-refractivity contribution < 1.29 is 19.4 Å². The summed E-state index contributed by atoms with van der Waals surface area (Å²) in [6.45, 7) is 0.816. The number of aliphatic hydroxyl groups excluding tert-OH is 1. The molecule has 260 valence electrons. The van der Waals surface area contributed by atoms with Crippen molar-refractivity contribution in [3.8, 4) is 16.9 Å². The highest BCUT2D eigenvalue weighted by Crippen LogP contribution is 2.43. The van der Waals surface area contributed by atoms with Crippen molar-refractivity contribution in [1.82, 2.24) is 5.32 Å². The van der Waals surface area contributed by atoms with Crippen LogP contribution in [0, 0.1) is 0 Å². The van der Waals surface area contributed by atoms with Gasteiger partial charge in [-0.1, -0.05) is 133 Å². The van der Waals surface area contributed by atoms with Crippen LogP contribution < -0.4 is 10.1 Å². The van der Waals surface area contributed by atoms with Crippen molar-refractivity contribution in [2.75, 3.05) is 13.2 Å². The monoisotopic (exact) mass is 704 g/mol. The molecule has 0 unspecified atom stereocenters. The molecule has 1 aliphatic heterocycles. The summed E-state index contributed by atoms with van der Waals surface area (Å²) in [5, 5.41) is 12.4. The molecular weight excluding hydrogens is 665 g/mol. The lowest BCUT2D eigenvalue weighted by atomic mass is 9.81. The number of nitrogens with zero attached hydrogens (tertiary/aromatic N) is 1. The number of ether oxygens (including phenoxy) is 2. The Bertz CT molecular complexity index is 2090. The Kier molecular flexibility index (Phi) is 11.1. The summed E-state index contributed by atoms with van der Waals surface area (Å²) in [5.74, 6) is 0.862. The van der Waals surface area contributed by atoms with Crippen molar-refractivity contribution in [3.05, 3.63) is 186 Å². The van der Waals surface area contributed by atoms with Gasteiger partial charge in [0.2, 0.25) is 5.90 Å². The van der Waals surface area contributed by atoms with Gasteiger partial charge >= 0.3 is 0 Å². The van der Waals surface area contributed by atoms with Gasteiger partial charge in [-0.25, -0.2) is 4.99 Å². The number of aliphatic hydroxyl groups is 1. The van der Waals surface area contributed by atoms with Crippen molar-refractivity contribution in [2.24, 2.45) is 4.99 Å². The summed E-state index contributed by atoms with van der Waals surface area (Å²) >= 11 is 1.68. The maximum Gasteiger partial charge on any atom is 0.252 e. The van der Waals surface area contributed by atoms with Crippen molar-refractivity contribution in [2.45, 2.75) is 40.8 Å². The van der Waals surface area contributed by atoms with Gasteiger partial charge in [-0.05, 0) is 70.3 Å². The highest BCUT2D eigenvalue weighted by atomic mass is 32.2. The van der Waals surface area contributed by atoms with E-state index in [-0.39, 0.29) is 12.5 Å². The van der Waals surface area contributed by atoms with Crippen LogP contribution in [-0.2, 0) is 22.5 Å². The van der Waals surface area contributed by atoms with Gasteiger partial charge in [0.25, 0.3) is 5.91 Å². The molecule has 0 fully saturated rings. The molecule has 0 saturated heterocycles. The summed E-state index contributed by atoms with van der Waals surface area (Å²) in [7, 11) is 0. The lowest BCUT2D eigenvalue weighted by Gasteiger charge is -2.31. The summed E-state index contributed by atoms with van der Waals surface area (Å²) < 4.78 is 12.6. The number of benzene rings is 6. The van der Waals surface area contributed by atoms with Gasteiger partial charge in [0.05, 0.1) is 6.61 Å². The average Bonchev–Trinajstić information content (AvgIpc) is 3.59. The van der Waals surface area contributed by atoms with Crippen LogP contribution in [0.1, 0.15) is 34.8 Å². The molecule has 0 aromatic heterocycles. The maximum absolute atomic E-state index is 14.9. The Labute approximate surface area is 309 Å². The number of carbonyl (C=O) groups is 1. The van der Waals surface area contributed by atoms with Crippen LogP contribution >= 0.6 is 11.8 Å². The molecule has 0 spiro atoms. The predicted octanol–water partition coefficient (Wildman–Crippen LogP) is 9.08. The van der Waals surface area contributed by atoms with Gasteiger partial charge in [0, 0.05) is 41.3 Å². The fourth-order valence-corrected chi connectivity index (χ4v) is 7.33. The molecule has 6 nitrogen and oxygen atoms in total. The van der Waals surface area contributed by atoms with E-state index in [1.54, 1.807) is 11.8 Å². The van der Waals surface area contributed by atoms with E-state index in [1.165, 1.54) is 0 Å². The highest BCUT2D eigenvalue weighted by Gasteiger charge is 2.53. The number of carbonyl (C=O) groups excluding carboxylic acids is 1. The van der Waals surface area contributed by atoms with E-state index in [0.717, 1.165) is 43.2 Å². The number of hydrogen-bond acceptors (Lipinski definition) is 6. The zero-order valence-corrected chi connectivity index (χ0v) is 29.5. The van der Waals surface area contributed by atoms with Gasteiger partial charge in [-0.15, -0.1) is 0 Å². The minimum absolute atomic E-state index is 0.0689. The molecule has 2 N–H and O–H groups in total. The first-order valence-electron chi connectivity index (χ1n) is 17.5. The molecule has 6 aromatic rings. The number of rotatable bonds is 14. The van der Waals surface area contributed by atoms with E-state index < -0.39 is 11.6 Å². The molecule has 1 aliphatic rings. The third kappa shape index (κ3) is 8.12. The van der Waals surface area contributed by atoms with Crippen LogP contribution in [0.15, 0.2) is 179 Å². The minimum atomic E-state index is -1.32. The summed E-state index contributed by atoms with van der Waals surface area (Å²) in [6.07, 6.45) is 0.174. The Morgan fingerprint density at radius 2 is 1.35 bits per heavy atom. The average molecular weight is 705 g/mol. The van der Waals surface area contributed by atoms with E-state index in [1.807, 2.05) is 115 Å². The fourth-order valence-electron chi connectivity index (χ4n) is 6.36. The maximum atomic E-state index is 14.9. The van der Waals surface area contributed by atoms with E-state index in [4.69, 9.17) is 19.6 Å². The molecule has 0 bridgehead atoms. The first kappa shape index (κ1) is 34.8. The molecule has 52 heavy (non-hydrogen) atoms. The highest BCUT2D eigenvalue weighted by molar-refractivity contribution is 7.99. The first-order chi connectivity index (χ1) is 25.6. The standard InChI is InChI=1S/C45H40N2O4S/c48-29-12-30-50-39-27-25-37(26-28-39)43-47-45(31-33-13-4-1-5-14-33,42(51-43)36-23-21-35(22-24-36)34-15-6-2-7-16-34)44(49)46-32-38-17-10-11-20-41(38)52-40-18-8-3-9-19-40/h1-11,13-28,42,48H,12,29-32H2,(H,46,49)/t42-,45-/m1/s1. The SMILES string of the molecule is O=C(NCc1ccccc1Sc1ccccc1)[C@]1(Cc2ccccc2)N=C(c2ccc(OCCCO)cc2)O[C@@H]1c1ccc(-c2ccccc2)cc1. The van der Waals surface area contributed by atoms with E-state index in [0.29, 0.717) is 37.6 Å². The van der Waals surface area contributed by atoms with Crippen LogP contribution in [0.2, 0.25) is 0 Å². The Hall–Kier alpha value is -5.63. The smallest absolute Gasteiger partial charge is 0.252 e. The number of hydrogen-bond donors (Lipinski definition) is 2. The molecule has 6 aromatic carbocycles. The minimum Gasteiger partial charge on any atom is -0.494 e. The normalized spacial score (nSPS) is 16.5. The molecule has 7 rings (SSSR count). The molecule has 0 saturated carbocycles. The van der Waals surface area contributed by atoms with Gasteiger partial charge in [0.15, 0.2) is 11.6 Å². The lowest BCUT2D eigenvalue weighted by Crippen LogP contribution is -2.49. The topological polar surface area (TPSA) is 80.2 Å². The molecule has 0 radical (unpaired) electrons. The van der Waals surface area contributed by atoms with Crippen LogP contribution in [0.4, 0.5) is 0 Å². The largest absolute Gasteiger partial charge is 0.494 e. The number of nitrogens with one attached hydrogen (secondary N) is 1. The number of aliphatic imine (C=N–C) groups is 1. The second kappa shape index (κ2) is 16.6. The summed E-state index contributed by atoms with van der Waals surface area (Å²) in [4.78, 5) is 22.4. The van der Waals surface area contributed by atoms with Crippen LogP contribution in [0.5, 0.6) is 5.75 Å². The van der Waals surface area contributed by atoms with Crippen molar-refractivity contribution >= 4 is 23.6 Å². The molecular formula is C45H40N2O4S. The second-order valence-electron chi connectivity index (χ2n) is 12.6. The summed E-state index contributed by atoms with van der Waals surface area (Å²) in [5.41, 5.74) is 4.46. The molecule has 1 amide bonds. The zero-order valence-electron chi connectivity index (χ0n) is 28.7. The van der Waals surface area contributed by atoms with Gasteiger partial charge in [-0.3, -0.25) is 4.79 Å². The Morgan fingerprint density at radius 3 is 2.06 bits per heavy atom. The molecule has 0 aliphatic carbocycles. The van der Waals surface area contributed by atoms with Gasteiger partial charge < -0.3 is 19.9 Å². The van der Waals surface area contributed by atoms with E-state index in [2.05, 4.69) is 53.8 Å². The van der Waals surface area contributed by atoms with E-state index in [9.17, 15) is 4.79 Å². The first-order valence-corrected chi connectivity index (χ1v) is 18.3. The quantitative estimate of drug-likeness (QED) is 0.111. The fraction of sp³-hybridized carbons (Fsp3) is 0.156. The van der Waals surface area contributed by atoms with Gasteiger partial charge in [0.1, 0.15) is 5.75 Å². The Morgan fingerprint density at radius 1 is 0.731 bits per heavy atom. The van der Waals surface area contributed by atoms with E-state index >= 15 is 0 Å².